The lowest BCUT2D eigenvalue weighted by Crippen LogP contribution is -2.30. The predicted octanol–water partition coefficient (Wildman–Crippen LogP) is 4.97. The van der Waals surface area contributed by atoms with Gasteiger partial charge in [0.25, 0.3) is 5.91 Å². The van der Waals surface area contributed by atoms with Crippen LogP contribution in [0, 0.1) is 12.7 Å². The number of carbonyl (C=O) groups excluding carboxylic acids is 2. The predicted molar refractivity (Wildman–Crippen MR) is 109 cm³/mol. The minimum Gasteiger partial charge on any atom is -0.503 e. The van der Waals surface area contributed by atoms with Crippen LogP contribution in [0.3, 0.4) is 0 Å². The summed E-state index contributed by atoms with van der Waals surface area (Å²) in [6.07, 6.45) is 0. The number of halogens is 1. The van der Waals surface area contributed by atoms with Crippen molar-refractivity contribution in [3.63, 3.8) is 0 Å². The second-order valence-corrected chi connectivity index (χ2v) is 7.89. The third-order valence-corrected chi connectivity index (χ3v) is 5.79. The number of ketones is 1. The monoisotopic (exact) mass is 407 g/mol. The van der Waals surface area contributed by atoms with Crippen molar-refractivity contribution in [2.45, 2.75) is 19.5 Å². The zero-order chi connectivity index (χ0) is 20.5. The van der Waals surface area contributed by atoms with Crippen molar-refractivity contribution in [1.82, 2.24) is 4.90 Å². The molecule has 1 unspecified atom stereocenters. The Hall–Kier alpha value is -3.25. The fourth-order valence-corrected chi connectivity index (χ4v) is 4.24. The molecule has 0 fully saturated rings. The number of hydrogen-bond donors (Lipinski definition) is 1. The van der Waals surface area contributed by atoms with Crippen LogP contribution in [0.2, 0.25) is 0 Å². The summed E-state index contributed by atoms with van der Waals surface area (Å²) in [5.41, 5.74) is 2.50. The molecular weight excluding hydrogens is 389 g/mol. The summed E-state index contributed by atoms with van der Waals surface area (Å²) < 4.78 is 13.3. The highest BCUT2D eigenvalue weighted by Crippen LogP contribution is 2.40. The summed E-state index contributed by atoms with van der Waals surface area (Å²) in [4.78, 5) is 28.0. The van der Waals surface area contributed by atoms with Crippen molar-refractivity contribution in [3.8, 4) is 0 Å². The second kappa shape index (κ2) is 7.64. The lowest BCUT2D eigenvalue weighted by molar-refractivity contribution is -0.130. The van der Waals surface area contributed by atoms with Crippen molar-refractivity contribution in [3.05, 3.63) is 105 Å². The first-order chi connectivity index (χ1) is 14.0. The van der Waals surface area contributed by atoms with Crippen molar-refractivity contribution in [2.75, 3.05) is 0 Å². The fourth-order valence-electron chi connectivity index (χ4n) is 3.56. The zero-order valence-electron chi connectivity index (χ0n) is 15.6. The van der Waals surface area contributed by atoms with Gasteiger partial charge in [-0.25, -0.2) is 4.39 Å². The van der Waals surface area contributed by atoms with Crippen LogP contribution in [0.15, 0.2) is 77.4 Å². The molecule has 6 heteroatoms. The molecule has 4 rings (SSSR count). The van der Waals surface area contributed by atoms with E-state index in [2.05, 4.69) is 0 Å². The van der Waals surface area contributed by atoms with Gasteiger partial charge in [-0.1, -0.05) is 48.0 Å². The van der Waals surface area contributed by atoms with Gasteiger partial charge in [-0.2, -0.15) is 0 Å². The Bertz CT molecular complexity index is 1100. The Labute approximate surface area is 171 Å². The topological polar surface area (TPSA) is 57.6 Å². The number of aryl methyl sites for hydroxylation is 1. The van der Waals surface area contributed by atoms with Gasteiger partial charge in [0.2, 0.25) is 5.78 Å². The van der Waals surface area contributed by atoms with Crippen LogP contribution < -0.4 is 0 Å². The van der Waals surface area contributed by atoms with Crippen molar-refractivity contribution in [2.24, 2.45) is 0 Å². The summed E-state index contributed by atoms with van der Waals surface area (Å²) in [6.45, 7) is 2.07. The lowest BCUT2D eigenvalue weighted by Gasteiger charge is -2.27. The number of nitrogens with zero attached hydrogens (tertiary/aromatic N) is 1. The molecule has 1 aromatic heterocycles. The minimum absolute atomic E-state index is 0.0742. The molecule has 0 spiro atoms. The van der Waals surface area contributed by atoms with E-state index in [0.29, 0.717) is 10.4 Å². The average molecular weight is 407 g/mol. The van der Waals surface area contributed by atoms with Gasteiger partial charge in [-0.15, -0.1) is 11.3 Å². The summed E-state index contributed by atoms with van der Waals surface area (Å²) in [5.74, 6) is -1.87. The molecule has 0 saturated carbocycles. The largest absolute Gasteiger partial charge is 0.503 e. The Kier molecular flexibility index (Phi) is 5.03. The average Bonchev–Trinajstić information content (AvgIpc) is 3.32. The van der Waals surface area contributed by atoms with Crippen molar-refractivity contribution < 1.29 is 19.1 Å². The highest BCUT2D eigenvalue weighted by atomic mass is 32.1. The molecule has 1 amide bonds. The van der Waals surface area contributed by atoms with Crippen LogP contribution in [0.4, 0.5) is 4.39 Å². The van der Waals surface area contributed by atoms with E-state index in [4.69, 9.17) is 0 Å². The van der Waals surface area contributed by atoms with E-state index in [9.17, 15) is 19.1 Å². The van der Waals surface area contributed by atoms with E-state index in [1.54, 1.807) is 29.6 Å². The molecule has 0 bridgehead atoms. The molecular formula is C23H18FNO3S. The van der Waals surface area contributed by atoms with E-state index >= 15 is 0 Å². The molecule has 3 aromatic rings. The van der Waals surface area contributed by atoms with Crippen LogP contribution in [-0.4, -0.2) is 21.7 Å². The van der Waals surface area contributed by atoms with Crippen molar-refractivity contribution >= 4 is 23.0 Å². The van der Waals surface area contributed by atoms with Gasteiger partial charge < -0.3 is 10.0 Å². The van der Waals surface area contributed by atoms with Crippen LogP contribution in [0.5, 0.6) is 0 Å². The van der Waals surface area contributed by atoms with E-state index in [-0.39, 0.29) is 23.7 Å². The Morgan fingerprint density at radius 2 is 1.90 bits per heavy atom. The second-order valence-electron chi connectivity index (χ2n) is 6.94. The zero-order valence-corrected chi connectivity index (χ0v) is 16.4. The number of aliphatic hydroxyl groups is 1. The minimum atomic E-state index is -0.720. The molecule has 1 atom stereocenters. The summed E-state index contributed by atoms with van der Waals surface area (Å²) >= 11 is 1.26. The van der Waals surface area contributed by atoms with Crippen LogP contribution in [-0.2, 0) is 11.3 Å². The number of rotatable bonds is 5. The molecule has 1 aliphatic rings. The van der Waals surface area contributed by atoms with Gasteiger partial charge in [-0.05, 0) is 41.6 Å². The number of hydrogen-bond acceptors (Lipinski definition) is 4. The third kappa shape index (κ3) is 3.59. The molecule has 0 radical (unpaired) electrons. The number of Topliss-reactive ketones (excluding diaryl/α,β-unsaturated/α-hetero) is 1. The third-order valence-electron chi connectivity index (χ3n) is 4.92. The molecule has 4 nitrogen and oxygen atoms in total. The molecule has 2 aromatic carbocycles. The summed E-state index contributed by atoms with van der Waals surface area (Å²) in [7, 11) is 0. The van der Waals surface area contributed by atoms with Crippen LogP contribution >= 0.6 is 11.3 Å². The molecule has 2 heterocycles. The van der Waals surface area contributed by atoms with Crippen LogP contribution in [0.1, 0.15) is 32.4 Å². The number of carbonyl (C=O) groups is 2. The summed E-state index contributed by atoms with van der Waals surface area (Å²) in [6, 6.07) is 16.0. The normalized spacial score (nSPS) is 16.6. The Morgan fingerprint density at radius 1 is 1.14 bits per heavy atom. The lowest BCUT2D eigenvalue weighted by atomic mass is 9.94. The number of aliphatic hydroxyl groups excluding tert-OH is 1. The smallest absolute Gasteiger partial charge is 0.290 e. The quantitative estimate of drug-likeness (QED) is 0.607. The van der Waals surface area contributed by atoms with Gasteiger partial charge in [0.15, 0.2) is 5.76 Å². The highest BCUT2D eigenvalue weighted by molar-refractivity contribution is 7.12. The molecule has 0 saturated heterocycles. The standard InChI is InChI=1S/C23H18FNO3S/c1-14-4-2-5-16(12-14)20-19(21(26)18-6-3-11-29-18)22(27)23(28)25(20)13-15-7-9-17(24)10-8-15/h2-12,20,27H,13H2,1H3. The van der Waals surface area contributed by atoms with Gasteiger partial charge in [0, 0.05) is 6.54 Å². The van der Waals surface area contributed by atoms with E-state index in [0.717, 1.165) is 11.1 Å². The summed E-state index contributed by atoms with van der Waals surface area (Å²) in [5, 5.41) is 12.4. The first-order valence-corrected chi connectivity index (χ1v) is 9.97. The molecule has 1 N–H and O–H groups in total. The maximum atomic E-state index is 13.3. The van der Waals surface area contributed by atoms with E-state index in [1.165, 1.54) is 28.4 Å². The molecule has 29 heavy (non-hydrogen) atoms. The van der Waals surface area contributed by atoms with E-state index in [1.807, 2.05) is 31.2 Å². The maximum absolute atomic E-state index is 13.3. The van der Waals surface area contributed by atoms with Crippen molar-refractivity contribution in [1.29, 1.82) is 0 Å². The number of benzene rings is 2. The SMILES string of the molecule is Cc1cccc(C2C(C(=O)c3cccs3)=C(O)C(=O)N2Cc2ccc(F)cc2)c1. The molecule has 146 valence electrons. The van der Waals surface area contributed by atoms with Gasteiger partial charge in [0.1, 0.15) is 5.82 Å². The molecule has 1 aliphatic heterocycles. The number of amides is 1. The number of thiophene rings is 1. The van der Waals surface area contributed by atoms with Gasteiger partial charge in [-0.3, -0.25) is 9.59 Å². The first kappa shape index (κ1) is 19.1. The maximum Gasteiger partial charge on any atom is 0.290 e. The van der Waals surface area contributed by atoms with Gasteiger partial charge in [0.05, 0.1) is 16.5 Å². The van der Waals surface area contributed by atoms with E-state index < -0.39 is 17.7 Å². The highest BCUT2D eigenvalue weighted by Gasteiger charge is 2.43. The molecule has 0 aliphatic carbocycles. The fraction of sp³-hybridized carbons (Fsp3) is 0.130. The first-order valence-electron chi connectivity index (χ1n) is 9.09. The van der Waals surface area contributed by atoms with Crippen LogP contribution in [0.25, 0.3) is 0 Å². The Morgan fingerprint density at radius 3 is 2.55 bits per heavy atom. The van der Waals surface area contributed by atoms with Gasteiger partial charge >= 0.3 is 0 Å². The Balaban J connectivity index is 1.79.